The molecule has 3 rings (SSSR count). The van der Waals surface area contributed by atoms with E-state index in [0.717, 1.165) is 44.9 Å². The molecule has 0 aromatic heterocycles. The quantitative estimate of drug-likeness (QED) is 0.0252. The highest BCUT2D eigenvalue weighted by molar-refractivity contribution is 5.76. The first kappa shape index (κ1) is 80.0. The maximum Gasteiger partial charge on any atom is 0.220 e. The van der Waals surface area contributed by atoms with E-state index in [9.17, 15) is 61.0 Å². The SMILES string of the molecule is CCCCCCCCCCCCCCCCCCCCCCCCCCCCCCCCCCCC(=O)NC(COC1OC(CO)C(OC2OC(CO)C(OC3OC(CO)C(O)C(O)C3O)C(O)C2O)C(O)C1O)C(O)CCCCCCCCCCC. The van der Waals surface area contributed by atoms with Crippen molar-refractivity contribution < 1.29 is 89.4 Å². The summed E-state index contributed by atoms with van der Waals surface area (Å²) in [5, 5.41) is 120. The summed E-state index contributed by atoms with van der Waals surface area (Å²) in [5.41, 5.74) is 0. The van der Waals surface area contributed by atoms with Crippen LogP contribution in [0.25, 0.3) is 0 Å². The zero-order valence-electron chi connectivity index (χ0n) is 54.5. The molecule has 3 aliphatic heterocycles. The van der Waals surface area contributed by atoms with Crippen molar-refractivity contribution >= 4 is 5.91 Å². The van der Waals surface area contributed by atoms with Gasteiger partial charge in [0.2, 0.25) is 5.91 Å². The highest BCUT2D eigenvalue weighted by atomic mass is 16.8. The number of hydrogen-bond donors (Lipinski definition) is 12. The van der Waals surface area contributed by atoms with Crippen LogP contribution in [0.5, 0.6) is 0 Å². The maximum absolute atomic E-state index is 13.4. The zero-order chi connectivity index (χ0) is 63.3. The molecule has 17 unspecified atom stereocenters. The molecule has 12 N–H and O–H groups in total. The van der Waals surface area contributed by atoms with Crippen LogP contribution in [0.3, 0.4) is 0 Å². The second-order valence-corrected chi connectivity index (χ2v) is 26.1. The number of nitrogens with one attached hydrogen (secondary N) is 1. The number of hydrogen-bond acceptors (Lipinski definition) is 18. The summed E-state index contributed by atoms with van der Waals surface area (Å²) in [6.07, 6.45) is 28.2. The second-order valence-electron chi connectivity index (χ2n) is 26.1. The molecule has 0 aromatic carbocycles. The summed E-state index contributed by atoms with van der Waals surface area (Å²) in [4.78, 5) is 13.4. The Morgan fingerprint density at radius 2 is 0.655 bits per heavy atom. The number of carbonyl (C=O) groups excluding carboxylic acids is 1. The van der Waals surface area contributed by atoms with Gasteiger partial charge in [-0.05, 0) is 12.8 Å². The van der Waals surface area contributed by atoms with Gasteiger partial charge in [-0.1, -0.05) is 277 Å². The topological polar surface area (TPSA) is 307 Å². The lowest BCUT2D eigenvalue weighted by molar-refractivity contribution is -0.379. The predicted octanol–water partition coefficient (Wildman–Crippen LogP) is 9.50. The fourth-order valence-corrected chi connectivity index (χ4v) is 12.6. The Morgan fingerprint density at radius 3 is 1.00 bits per heavy atom. The predicted molar refractivity (Wildman–Crippen MR) is 337 cm³/mol. The summed E-state index contributed by atoms with van der Waals surface area (Å²) >= 11 is 0. The van der Waals surface area contributed by atoms with Gasteiger partial charge < -0.3 is 89.9 Å². The van der Waals surface area contributed by atoms with E-state index in [0.29, 0.717) is 12.8 Å². The van der Waals surface area contributed by atoms with E-state index in [1.807, 2.05) is 0 Å². The molecule has 516 valence electrons. The Labute approximate surface area is 525 Å². The van der Waals surface area contributed by atoms with Gasteiger partial charge >= 0.3 is 0 Å². The molecule has 0 aromatic rings. The number of unbranched alkanes of at least 4 members (excludes halogenated alkanes) is 40. The van der Waals surface area contributed by atoms with Gasteiger partial charge in [0.1, 0.15) is 73.2 Å². The average Bonchev–Trinajstić information content (AvgIpc) is 1.04. The van der Waals surface area contributed by atoms with Gasteiger partial charge in [0.15, 0.2) is 18.9 Å². The summed E-state index contributed by atoms with van der Waals surface area (Å²) in [6.45, 7) is 1.80. The largest absolute Gasteiger partial charge is 0.394 e. The van der Waals surface area contributed by atoms with Gasteiger partial charge in [0.05, 0.1) is 38.6 Å². The Bertz CT molecular complexity index is 1590. The molecular formula is C68H131NO18. The number of carbonyl (C=O) groups is 1. The third-order valence-electron chi connectivity index (χ3n) is 18.4. The molecule has 17 atom stereocenters. The molecule has 0 aliphatic carbocycles. The Hall–Kier alpha value is -1.21. The van der Waals surface area contributed by atoms with Crippen LogP contribution in [0, 0.1) is 0 Å². The molecule has 87 heavy (non-hydrogen) atoms. The highest BCUT2D eigenvalue weighted by Crippen LogP contribution is 2.33. The van der Waals surface area contributed by atoms with Crippen LogP contribution in [0.2, 0.25) is 0 Å². The van der Waals surface area contributed by atoms with Crippen LogP contribution >= 0.6 is 0 Å². The molecule has 3 heterocycles. The van der Waals surface area contributed by atoms with Crippen molar-refractivity contribution in [3.05, 3.63) is 0 Å². The molecule has 3 saturated heterocycles. The second kappa shape index (κ2) is 51.2. The lowest BCUT2D eigenvalue weighted by Gasteiger charge is -2.48. The number of aliphatic hydroxyl groups excluding tert-OH is 11. The van der Waals surface area contributed by atoms with E-state index in [-0.39, 0.29) is 18.9 Å². The minimum absolute atomic E-state index is 0.238. The van der Waals surface area contributed by atoms with Crippen molar-refractivity contribution in [1.82, 2.24) is 5.32 Å². The Kier molecular flexibility index (Phi) is 47.1. The van der Waals surface area contributed by atoms with Crippen LogP contribution in [-0.2, 0) is 33.2 Å². The third kappa shape index (κ3) is 33.5. The van der Waals surface area contributed by atoms with Crippen LogP contribution in [0.1, 0.15) is 296 Å². The average molecular weight is 1250 g/mol. The molecule has 0 saturated carbocycles. The first-order chi connectivity index (χ1) is 42.3. The lowest BCUT2D eigenvalue weighted by Crippen LogP contribution is -2.66. The van der Waals surface area contributed by atoms with Crippen LogP contribution in [-0.4, -0.2) is 193 Å². The van der Waals surface area contributed by atoms with Crippen molar-refractivity contribution in [3.63, 3.8) is 0 Å². The first-order valence-corrected chi connectivity index (χ1v) is 35.8. The fraction of sp³-hybridized carbons (Fsp3) is 0.985. The molecule has 0 spiro atoms. The number of amides is 1. The van der Waals surface area contributed by atoms with Crippen molar-refractivity contribution in [2.75, 3.05) is 26.4 Å². The first-order valence-electron chi connectivity index (χ1n) is 35.8. The molecule has 19 nitrogen and oxygen atoms in total. The van der Waals surface area contributed by atoms with Crippen LogP contribution in [0.4, 0.5) is 0 Å². The van der Waals surface area contributed by atoms with Crippen molar-refractivity contribution in [2.24, 2.45) is 0 Å². The van der Waals surface area contributed by atoms with Gasteiger partial charge in [-0.25, -0.2) is 0 Å². The maximum atomic E-state index is 13.4. The van der Waals surface area contributed by atoms with E-state index in [4.69, 9.17) is 28.4 Å². The molecule has 19 heteroatoms. The third-order valence-corrected chi connectivity index (χ3v) is 18.4. The van der Waals surface area contributed by atoms with Gasteiger partial charge in [-0.2, -0.15) is 0 Å². The van der Waals surface area contributed by atoms with Gasteiger partial charge in [0, 0.05) is 6.42 Å². The van der Waals surface area contributed by atoms with Crippen LogP contribution < -0.4 is 5.32 Å². The zero-order valence-corrected chi connectivity index (χ0v) is 54.5. The molecule has 0 radical (unpaired) electrons. The van der Waals surface area contributed by atoms with E-state index in [2.05, 4.69) is 19.2 Å². The van der Waals surface area contributed by atoms with E-state index >= 15 is 0 Å². The molecule has 3 fully saturated rings. The smallest absolute Gasteiger partial charge is 0.220 e. The van der Waals surface area contributed by atoms with Gasteiger partial charge in [-0.3, -0.25) is 4.79 Å². The van der Waals surface area contributed by atoms with Crippen LogP contribution in [0.15, 0.2) is 0 Å². The van der Waals surface area contributed by atoms with Crippen molar-refractivity contribution in [1.29, 1.82) is 0 Å². The normalized spacial score (nSPS) is 28.5. The van der Waals surface area contributed by atoms with Crippen molar-refractivity contribution in [2.45, 2.75) is 401 Å². The van der Waals surface area contributed by atoms with Gasteiger partial charge in [-0.15, -0.1) is 0 Å². The number of aliphatic hydroxyl groups is 11. The molecule has 1 amide bonds. The molecular weight excluding hydrogens is 1120 g/mol. The van der Waals surface area contributed by atoms with Gasteiger partial charge in [0.25, 0.3) is 0 Å². The monoisotopic (exact) mass is 1250 g/mol. The number of ether oxygens (including phenoxy) is 6. The fourth-order valence-electron chi connectivity index (χ4n) is 12.6. The summed E-state index contributed by atoms with van der Waals surface area (Å²) in [5.74, 6) is -0.238. The Morgan fingerprint density at radius 1 is 0.368 bits per heavy atom. The number of rotatable bonds is 56. The summed E-state index contributed by atoms with van der Waals surface area (Å²) < 4.78 is 34.3. The minimum Gasteiger partial charge on any atom is -0.394 e. The summed E-state index contributed by atoms with van der Waals surface area (Å²) in [6, 6.07) is -0.880. The van der Waals surface area contributed by atoms with Crippen molar-refractivity contribution in [3.8, 4) is 0 Å². The summed E-state index contributed by atoms with van der Waals surface area (Å²) in [7, 11) is 0. The Balaban J connectivity index is 1.30. The van der Waals surface area contributed by atoms with E-state index in [1.165, 1.54) is 218 Å². The lowest BCUT2D eigenvalue weighted by atomic mass is 9.96. The van der Waals surface area contributed by atoms with E-state index in [1.54, 1.807) is 0 Å². The molecule has 3 aliphatic rings. The highest BCUT2D eigenvalue weighted by Gasteiger charge is 2.53. The standard InChI is InChI=1S/C68H131NO18/c1-3-5-7-9-11-13-14-15-16-17-18-19-20-21-22-23-24-25-26-27-28-29-30-31-32-33-34-35-36-38-40-42-44-46-56(74)69-51(52(73)45-43-41-39-37-12-10-8-6-4-2)50-82-66-62(80)59(77)64(54(48-71)84-66)87-68-63(81)60(78)65(55(49-72)85-68)86-67-61(79)58(76)57(75)53(47-70)83-67/h51-55,57-68,70-73,75-81H,3-50H2,1-2H3,(H,69,74). The van der Waals surface area contributed by atoms with E-state index < -0.39 is 124 Å². The molecule has 0 bridgehead atoms. The minimum atomic E-state index is -1.97.